The molecule has 0 spiro atoms. The predicted molar refractivity (Wildman–Crippen MR) is 140 cm³/mol. The number of aryl methyl sites for hydroxylation is 1. The molecule has 168 valence electrons. The van der Waals surface area contributed by atoms with Crippen LogP contribution < -0.4 is 0 Å². The van der Waals surface area contributed by atoms with Crippen LogP contribution in [0.2, 0.25) is 0 Å². The molecule has 3 heterocycles. The van der Waals surface area contributed by atoms with Gasteiger partial charge in [-0.2, -0.15) is 0 Å². The number of rotatable bonds is 6. The van der Waals surface area contributed by atoms with Gasteiger partial charge in [0.25, 0.3) is 0 Å². The molecule has 2 radical (unpaired) electrons. The second kappa shape index (κ2) is 11.0. The van der Waals surface area contributed by atoms with Crippen molar-refractivity contribution in [2.45, 2.75) is 91.3 Å². The molecule has 0 aromatic carbocycles. The number of aromatic nitrogens is 2. The smallest absolute Gasteiger partial charge is 0.0921 e. The Morgan fingerprint density at radius 1 is 0.935 bits per heavy atom. The van der Waals surface area contributed by atoms with E-state index in [-0.39, 0.29) is 16.6 Å². The molecule has 0 saturated carbocycles. The summed E-state index contributed by atoms with van der Waals surface area (Å²) in [6.45, 7) is 18.0. The van der Waals surface area contributed by atoms with Crippen molar-refractivity contribution in [1.82, 2.24) is 9.97 Å². The molecule has 0 fully saturated rings. The number of hydrogen-bond donors (Lipinski definition) is 1. The highest BCUT2D eigenvalue weighted by Crippen LogP contribution is 2.36. The number of H-pyrrole nitrogens is 1. The first kappa shape index (κ1) is 25.9. The zero-order valence-corrected chi connectivity index (χ0v) is 22.2. The van der Waals surface area contributed by atoms with Crippen LogP contribution in [0.5, 0.6) is 0 Å². The Morgan fingerprint density at radius 3 is 1.81 bits per heavy atom. The Labute approximate surface area is 199 Å². The van der Waals surface area contributed by atoms with Gasteiger partial charge in [-0.25, -0.2) is 4.98 Å². The minimum Gasteiger partial charge on any atom is -0.348 e. The maximum atomic E-state index is 6.45. The number of hydrogen-bond acceptors (Lipinski definition) is 3. The predicted octanol–water partition coefficient (Wildman–Crippen LogP) is 8.05. The van der Waals surface area contributed by atoms with Crippen LogP contribution >= 0.6 is 22.7 Å². The molecule has 0 aliphatic rings. The van der Waals surface area contributed by atoms with Gasteiger partial charge < -0.3 is 4.98 Å². The molecule has 3 rings (SSSR count). The van der Waals surface area contributed by atoms with Crippen LogP contribution in [0, 0.1) is 5.92 Å². The summed E-state index contributed by atoms with van der Waals surface area (Å²) >= 11 is 3.56. The normalized spacial score (nSPS) is 12.3. The second-order valence-corrected chi connectivity index (χ2v) is 12.7. The molecule has 0 bridgehead atoms. The van der Waals surface area contributed by atoms with Crippen LogP contribution in [-0.2, 0) is 17.3 Å². The lowest BCUT2D eigenvalue weighted by Gasteiger charge is -2.17. The van der Waals surface area contributed by atoms with E-state index in [1.807, 2.05) is 6.20 Å². The molecule has 3 aromatic rings. The molecule has 0 amide bonds. The third-order valence-corrected chi connectivity index (χ3v) is 7.40. The molecule has 5 heteroatoms. The monoisotopic (exact) mass is 454 g/mol. The third-order valence-electron chi connectivity index (χ3n) is 5.37. The average Bonchev–Trinajstić information content (AvgIpc) is 3.40. The summed E-state index contributed by atoms with van der Waals surface area (Å²) in [4.78, 5) is 9.59. The van der Waals surface area contributed by atoms with Crippen LogP contribution in [0.4, 0.5) is 0 Å². The molecule has 2 nitrogen and oxygen atoms in total. The highest BCUT2D eigenvalue weighted by atomic mass is 32.1. The molecule has 0 saturated heterocycles. The van der Waals surface area contributed by atoms with Gasteiger partial charge in [0.1, 0.15) is 0 Å². The van der Waals surface area contributed by atoms with Crippen molar-refractivity contribution in [3.63, 3.8) is 0 Å². The highest BCUT2D eigenvalue weighted by Gasteiger charge is 2.21. The van der Waals surface area contributed by atoms with Gasteiger partial charge in [-0.15, -0.1) is 22.7 Å². The number of nitrogens with one attached hydrogen (secondary N) is 1. The molecule has 0 aliphatic carbocycles. The lowest BCUT2D eigenvalue weighted by atomic mass is 9.81. The van der Waals surface area contributed by atoms with Crippen LogP contribution in [-0.4, -0.2) is 17.8 Å². The molecule has 31 heavy (non-hydrogen) atoms. The van der Waals surface area contributed by atoms with Crippen LogP contribution in [0.25, 0.3) is 0 Å². The zero-order chi connectivity index (χ0) is 23.2. The van der Waals surface area contributed by atoms with E-state index in [9.17, 15) is 0 Å². The summed E-state index contributed by atoms with van der Waals surface area (Å²) in [7, 11) is 6.45. The van der Waals surface area contributed by atoms with E-state index in [1.54, 1.807) is 29.0 Å². The Morgan fingerprint density at radius 2 is 1.45 bits per heavy atom. The average molecular weight is 455 g/mol. The molecule has 1 N–H and O–H groups in total. The molecular weight excluding hydrogens is 415 g/mol. The van der Waals surface area contributed by atoms with Gasteiger partial charge in [-0.1, -0.05) is 61.8 Å². The topological polar surface area (TPSA) is 28.7 Å². The van der Waals surface area contributed by atoms with E-state index in [1.165, 1.54) is 39.4 Å². The molecule has 0 aliphatic heterocycles. The lowest BCUT2D eigenvalue weighted by molar-refractivity contribution is 0.553. The van der Waals surface area contributed by atoms with Crippen LogP contribution in [0.1, 0.15) is 101 Å². The quantitative estimate of drug-likeness (QED) is 0.375. The lowest BCUT2D eigenvalue weighted by Crippen LogP contribution is -2.09. The Kier molecular flexibility index (Phi) is 9.20. The third kappa shape index (κ3) is 8.27. The Hall–Kier alpha value is -1.33. The molecule has 3 aromatic heterocycles. The van der Waals surface area contributed by atoms with E-state index in [0.717, 1.165) is 12.3 Å². The van der Waals surface area contributed by atoms with Crippen LogP contribution in [0.3, 0.4) is 0 Å². The summed E-state index contributed by atoms with van der Waals surface area (Å²) in [5.74, 6) is 0.829. The second-order valence-electron chi connectivity index (χ2n) is 10.8. The minimum atomic E-state index is 0.0113. The Bertz CT molecular complexity index is 840. The van der Waals surface area contributed by atoms with E-state index in [2.05, 4.69) is 88.3 Å². The minimum absolute atomic E-state index is 0.0113. The van der Waals surface area contributed by atoms with E-state index >= 15 is 0 Å². The van der Waals surface area contributed by atoms with Crippen LogP contribution in [0.15, 0.2) is 35.4 Å². The summed E-state index contributed by atoms with van der Waals surface area (Å²) < 4.78 is 0. The van der Waals surface area contributed by atoms with Crippen molar-refractivity contribution in [2.24, 2.45) is 5.92 Å². The van der Waals surface area contributed by atoms with Gasteiger partial charge in [0.05, 0.1) is 14.2 Å². The molecular formula is C26H39BN2S2. The summed E-state index contributed by atoms with van der Waals surface area (Å²) in [6.07, 6.45) is 7.35. The van der Waals surface area contributed by atoms with E-state index in [4.69, 9.17) is 7.85 Å². The van der Waals surface area contributed by atoms with Crippen molar-refractivity contribution in [2.75, 3.05) is 0 Å². The van der Waals surface area contributed by atoms with Crippen molar-refractivity contribution in [3.05, 3.63) is 62.0 Å². The Balaban J connectivity index is 0.000000262. The first-order chi connectivity index (χ1) is 14.4. The first-order valence-corrected chi connectivity index (χ1v) is 13.0. The number of imidazole rings is 1. The van der Waals surface area contributed by atoms with Crippen molar-refractivity contribution < 1.29 is 0 Å². The van der Waals surface area contributed by atoms with Crippen molar-refractivity contribution >= 4 is 30.5 Å². The van der Waals surface area contributed by atoms with Gasteiger partial charge in [0.15, 0.2) is 0 Å². The van der Waals surface area contributed by atoms with Gasteiger partial charge >= 0.3 is 0 Å². The van der Waals surface area contributed by atoms with Crippen molar-refractivity contribution in [1.29, 1.82) is 0 Å². The van der Waals surface area contributed by atoms with Gasteiger partial charge in [-0.3, -0.25) is 0 Å². The summed E-state index contributed by atoms with van der Waals surface area (Å²) in [5, 5.41) is 4.49. The maximum absolute atomic E-state index is 6.45. The largest absolute Gasteiger partial charge is 0.348 e. The highest BCUT2D eigenvalue weighted by molar-refractivity contribution is 7.12. The standard InChI is InChI=1S/C17H23BS2.C9H16N2/c1-16(2,3)11-7-13(19-9-11)15(18)14-8-12(10-20-14)17(4,5)6;1-8(2)4-3-5-9-6-10-7-11-9/h7-10,15H,1-6H3;6-8H,3-5H2,1-2H3,(H,10,11). The van der Waals surface area contributed by atoms with Crippen molar-refractivity contribution in [3.8, 4) is 0 Å². The maximum Gasteiger partial charge on any atom is 0.0921 e. The zero-order valence-electron chi connectivity index (χ0n) is 20.6. The fourth-order valence-corrected chi connectivity index (χ4v) is 5.46. The number of aromatic amines is 1. The molecule has 0 atom stereocenters. The molecule has 0 unspecified atom stereocenters. The van der Waals surface area contributed by atoms with Gasteiger partial charge in [0, 0.05) is 21.6 Å². The summed E-state index contributed by atoms with van der Waals surface area (Å²) in [5.41, 5.74) is 4.40. The fourth-order valence-electron chi connectivity index (χ4n) is 3.08. The van der Waals surface area contributed by atoms with E-state index in [0.29, 0.717) is 0 Å². The SMILES string of the molecule is CC(C)CCCc1cnc[nH]1.[B]C(c1cc(C(C)(C)C)cs1)c1cc(C(C)(C)C)cs1. The number of nitrogens with zero attached hydrogens (tertiary/aromatic N) is 1. The first-order valence-electron chi connectivity index (χ1n) is 11.3. The van der Waals surface area contributed by atoms with Gasteiger partial charge in [-0.05, 0) is 69.4 Å². The summed E-state index contributed by atoms with van der Waals surface area (Å²) in [6, 6.07) is 4.54. The number of thiophene rings is 2. The van der Waals surface area contributed by atoms with E-state index < -0.39 is 0 Å². The van der Waals surface area contributed by atoms with Gasteiger partial charge in [0.2, 0.25) is 0 Å². The fraction of sp³-hybridized carbons (Fsp3) is 0.577.